The Kier molecular flexibility index (Phi) is 5.48. The van der Waals surface area contributed by atoms with E-state index >= 15 is 0 Å². The molecule has 1 fully saturated rings. The molecule has 0 spiro atoms. The highest BCUT2D eigenvalue weighted by Gasteiger charge is 2.31. The number of nitrogens with one attached hydrogen (secondary N) is 1. The largest absolute Gasteiger partial charge is 0.478 e. The van der Waals surface area contributed by atoms with E-state index in [2.05, 4.69) is 22.0 Å². The maximum atomic E-state index is 13.2. The summed E-state index contributed by atoms with van der Waals surface area (Å²) in [4.78, 5) is 31.2. The molecule has 1 amide bonds. The smallest absolute Gasteiger partial charge is 0.335 e. The fourth-order valence-corrected chi connectivity index (χ4v) is 4.33. The second-order valence-corrected chi connectivity index (χ2v) is 7.98. The first-order valence-corrected chi connectivity index (χ1v) is 10.2. The minimum absolute atomic E-state index is 0.0335. The van der Waals surface area contributed by atoms with E-state index in [4.69, 9.17) is 16.3 Å². The van der Waals surface area contributed by atoms with Gasteiger partial charge in [0.2, 0.25) is 5.91 Å². The van der Waals surface area contributed by atoms with E-state index in [9.17, 15) is 9.59 Å². The minimum atomic E-state index is -0.274. The molecule has 0 saturated heterocycles. The third-order valence-corrected chi connectivity index (χ3v) is 6.00. The molecule has 1 aliphatic carbocycles. The van der Waals surface area contributed by atoms with Crippen molar-refractivity contribution in [1.82, 2.24) is 28.6 Å². The molecule has 1 saturated carbocycles. The lowest BCUT2D eigenvalue weighted by molar-refractivity contribution is -0.126. The van der Waals surface area contributed by atoms with Gasteiger partial charge in [0, 0.05) is 32.4 Å². The van der Waals surface area contributed by atoms with Crippen molar-refractivity contribution in [3.63, 3.8) is 0 Å². The van der Waals surface area contributed by atoms with Crippen molar-refractivity contribution in [3.8, 4) is 5.88 Å². The molecular weight excluding hydrogens is 422 g/mol. The van der Waals surface area contributed by atoms with Crippen LogP contribution in [0.3, 0.4) is 0 Å². The predicted octanol–water partition coefficient (Wildman–Crippen LogP) is 2.37. The van der Waals surface area contributed by atoms with Crippen LogP contribution in [0, 0.1) is 0 Å². The molecule has 2 atom stereocenters. The molecule has 3 aromatic heterocycles. The number of ether oxygens (including phenoxy) is 1. The van der Waals surface area contributed by atoms with Gasteiger partial charge in [-0.1, -0.05) is 18.2 Å². The Bertz CT molecular complexity index is 1210. The third kappa shape index (κ3) is 3.67. The number of aryl methyl sites for hydroxylation is 1. The molecular formula is C20H24ClN7O3. The third-order valence-electron chi connectivity index (χ3n) is 5.74. The van der Waals surface area contributed by atoms with Crippen molar-refractivity contribution in [2.24, 2.45) is 7.05 Å². The highest BCUT2D eigenvalue weighted by molar-refractivity contribution is 6.29. The average molecular weight is 446 g/mol. The van der Waals surface area contributed by atoms with Gasteiger partial charge in [-0.3, -0.25) is 14.0 Å². The van der Waals surface area contributed by atoms with Gasteiger partial charge in [0.25, 0.3) is 5.88 Å². The lowest BCUT2D eigenvalue weighted by Gasteiger charge is -2.23. The first kappa shape index (κ1) is 21.0. The number of anilines is 2. The summed E-state index contributed by atoms with van der Waals surface area (Å²) < 4.78 is 9.99. The number of likely N-dealkylation sites (N-methyl/N-ethyl adjacent to an activating group) is 1. The van der Waals surface area contributed by atoms with Crippen molar-refractivity contribution in [2.45, 2.75) is 31.3 Å². The molecule has 31 heavy (non-hydrogen) atoms. The Labute approximate surface area is 183 Å². The van der Waals surface area contributed by atoms with Crippen molar-refractivity contribution in [1.29, 1.82) is 0 Å². The van der Waals surface area contributed by atoms with Crippen LogP contribution in [-0.2, 0) is 11.8 Å². The number of fused-ring (bicyclic) bond motifs is 1. The highest BCUT2D eigenvalue weighted by Crippen LogP contribution is 2.34. The van der Waals surface area contributed by atoms with Crippen LogP contribution in [0.4, 0.5) is 11.4 Å². The topological polar surface area (TPSA) is 98.7 Å². The number of nitrogens with zero attached hydrogens (tertiary/aromatic N) is 6. The van der Waals surface area contributed by atoms with Gasteiger partial charge in [-0.2, -0.15) is 0 Å². The van der Waals surface area contributed by atoms with Gasteiger partial charge in [0.15, 0.2) is 5.65 Å². The number of hydrogen-bond acceptors (Lipinski definition) is 6. The van der Waals surface area contributed by atoms with Crippen LogP contribution < -0.4 is 15.7 Å². The van der Waals surface area contributed by atoms with Crippen LogP contribution in [0.5, 0.6) is 5.88 Å². The zero-order chi connectivity index (χ0) is 22.3. The van der Waals surface area contributed by atoms with Crippen molar-refractivity contribution >= 4 is 34.5 Å². The molecule has 11 heteroatoms. The molecule has 0 aliphatic heterocycles. The molecule has 10 nitrogen and oxygen atoms in total. The zero-order valence-corrected chi connectivity index (χ0v) is 18.3. The van der Waals surface area contributed by atoms with Gasteiger partial charge in [-0.15, -0.1) is 5.10 Å². The molecule has 3 aromatic rings. The quantitative estimate of drug-likeness (QED) is 0.585. The fourth-order valence-electron chi connectivity index (χ4n) is 4.13. The summed E-state index contributed by atoms with van der Waals surface area (Å²) >= 11 is 6.29. The van der Waals surface area contributed by atoms with Gasteiger partial charge in [-0.25, -0.2) is 14.2 Å². The number of carbonyl (C=O) groups is 1. The van der Waals surface area contributed by atoms with E-state index in [1.54, 1.807) is 40.6 Å². The maximum Gasteiger partial charge on any atom is 0.335 e. The van der Waals surface area contributed by atoms with Crippen molar-refractivity contribution in [3.05, 3.63) is 46.9 Å². The summed E-state index contributed by atoms with van der Waals surface area (Å²) in [7, 11) is 5.09. The summed E-state index contributed by atoms with van der Waals surface area (Å²) in [6, 6.07) is -0.0528. The van der Waals surface area contributed by atoms with Crippen LogP contribution in [0.1, 0.15) is 25.3 Å². The molecule has 0 bridgehead atoms. The van der Waals surface area contributed by atoms with Crippen LogP contribution in [0.2, 0.25) is 5.15 Å². The SMILES string of the molecule is C=CC(=O)N(C)C1CCC(n2cc(Nc3cn(C)nc3OC)c3ncc(Cl)n3c2=O)C1. The fraction of sp³-hybridized carbons (Fsp3) is 0.400. The lowest BCUT2D eigenvalue weighted by atomic mass is 10.2. The monoisotopic (exact) mass is 445 g/mol. The van der Waals surface area contributed by atoms with Crippen LogP contribution in [0.15, 0.2) is 36.0 Å². The van der Waals surface area contributed by atoms with Crippen molar-refractivity contribution < 1.29 is 9.53 Å². The Hall–Kier alpha value is -3.27. The molecule has 1 N–H and O–H groups in total. The molecule has 0 radical (unpaired) electrons. The number of hydrogen-bond donors (Lipinski definition) is 1. The molecule has 0 aromatic carbocycles. The van der Waals surface area contributed by atoms with E-state index < -0.39 is 0 Å². The number of aromatic nitrogens is 5. The van der Waals surface area contributed by atoms with E-state index in [0.29, 0.717) is 29.3 Å². The number of methoxy groups -OCH3 is 1. The number of imidazole rings is 1. The maximum absolute atomic E-state index is 13.2. The number of rotatable bonds is 6. The average Bonchev–Trinajstić information content (AvgIpc) is 3.47. The van der Waals surface area contributed by atoms with Gasteiger partial charge >= 0.3 is 5.69 Å². The summed E-state index contributed by atoms with van der Waals surface area (Å²) in [5.74, 6) is 0.290. The summed E-state index contributed by atoms with van der Waals surface area (Å²) in [5.41, 5.74) is 1.36. The Balaban J connectivity index is 1.74. The molecule has 2 unspecified atom stereocenters. The van der Waals surface area contributed by atoms with E-state index in [0.717, 1.165) is 12.8 Å². The number of halogens is 1. The lowest BCUT2D eigenvalue weighted by Crippen LogP contribution is -2.35. The van der Waals surface area contributed by atoms with Gasteiger partial charge in [0.05, 0.1) is 25.2 Å². The second kappa shape index (κ2) is 8.10. The van der Waals surface area contributed by atoms with Gasteiger partial charge in [-0.05, 0) is 25.3 Å². The summed E-state index contributed by atoms with van der Waals surface area (Å²) in [5, 5.41) is 7.74. The Morgan fingerprint density at radius 1 is 1.39 bits per heavy atom. The molecule has 3 heterocycles. The van der Waals surface area contributed by atoms with E-state index in [1.165, 1.54) is 23.8 Å². The Morgan fingerprint density at radius 3 is 2.87 bits per heavy atom. The standard InChI is InChI=1S/C20H24ClN7O3/c1-5-17(29)26(3)12-6-7-13(8-12)27-11-14(18-22-9-16(21)28(18)20(27)30)23-15-10-25(2)24-19(15)31-4/h5,9-13,23H,1,6-8H2,2-4H3. The summed E-state index contributed by atoms with van der Waals surface area (Å²) in [6.45, 7) is 3.55. The highest BCUT2D eigenvalue weighted by atomic mass is 35.5. The minimum Gasteiger partial charge on any atom is -0.478 e. The van der Waals surface area contributed by atoms with Crippen LogP contribution in [-0.4, -0.2) is 54.7 Å². The molecule has 1 aliphatic rings. The molecule has 4 rings (SSSR count). The molecule has 164 valence electrons. The number of carbonyl (C=O) groups excluding carboxylic acids is 1. The Morgan fingerprint density at radius 2 is 2.16 bits per heavy atom. The van der Waals surface area contributed by atoms with E-state index in [1.807, 2.05) is 0 Å². The summed E-state index contributed by atoms with van der Waals surface area (Å²) in [6.07, 6.45) is 8.48. The van der Waals surface area contributed by atoms with Crippen LogP contribution >= 0.6 is 11.6 Å². The normalized spacial score (nSPS) is 18.3. The first-order chi connectivity index (χ1) is 14.8. The van der Waals surface area contributed by atoms with Crippen LogP contribution in [0.25, 0.3) is 5.65 Å². The van der Waals surface area contributed by atoms with E-state index in [-0.39, 0.29) is 28.8 Å². The van der Waals surface area contributed by atoms with Gasteiger partial charge < -0.3 is 15.0 Å². The van der Waals surface area contributed by atoms with Gasteiger partial charge in [0.1, 0.15) is 10.8 Å². The number of amides is 1. The first-order valence-electron chi connectivity index (χ1n) is 9.86. The second-order valence-electron chi connectivity index (χ2n) is 7.60. The predicted molar refractivity (Wildman–Crippen MR) is 117 cm³/mol. The zero-order valence-electron chi connectivity index (χ0n) is 17.6. The van der Waals surface area contributed by atoms with Crippen molar-refractivity contribution in [2.75, 3.05) is 19.5 Å².